The van der Waals surface area contributed by atoms with Gasteiger partial charge in [0.15, 0.2) is 6.39 Å². The number of carbonyl (C=O) groups excluding carboxylic acids is 1. The number of hydrogen-bond acceptors (Lipinski definition) is 6. The normalized spacial score (nSPS) is 25.6. The molecule has 2 aliphatic heterocycles. The van der Waals surface area contributed by atoms with Crippen LogP contribution in [0.4, 0.5) is 0 Å². The zero-order valence-corrected chi connectivity index (χ0v) is 14.2. The SMILES string of the molecule is Cc1ncoc1C(=O)N1CC[C@@H]2OCC[C@]2(COc2cccnc2)C1. The molecular formula is C18H21N3O4. The third-order valence-electron chi connectivity index (χ3n) is 5.16. The van der Waals surface area contributed by atoms with Gasteiger partial charge in [-0.3, -0.25) is 9.78 Å². The predicted octanol–water partition coefficient (Wildman–Crippen LogP) is 2.08. The molecule has 7 nitrogen and oxygen atoms in total. The molecule has 0 spiro atoms. The van der Waals surface area contributed by atoms with E-state index < -0.39 is 0 Å². The van der Waals surface area contributed by atoms with Crippen molar-refractivity contribution in [3.05, 3.63) is 42.4 Å². The van der Waals surface area contributed by atoms with Gasteiger partial charge in [0.1, 0.15) is 5.75 Å². The number of aryl methyl sites for hydroxylation is 1. The van der Waals surface area contributed by atoms with Crippen molar-refractivity contribution in [3.63, 3.8) is 0 Å². The lowest BCUT2D eigenvalue weighted by Gasteiger charge is -2.43. The second-order valence-corrected chi connectivity index (χ2v) is 6.73. The molecule has 2 aliphatic rings. The highest BCUT2D eigenvalue weighted by Gasteiger charge is 2.50. The van der Waals surface area contributed by atoms with Crippen LogP contribution in [0.25, 0.3) is 0 Å². The van der Waals surface area contributed by atoms with Gasteiger partial charge in [0.25, 0.3) is 5.91 Å². The van der Waals surface area contributed by atoms with Gasteiger partial charge < -0.3 is 18.8 Å². The van der Waals surface area contributed by atoms with Crippen LogP contribution in [0.5, 0.6) is 5.75 Å². The summed E-state index contributed by atoms with van der Waals surface area (Å²) in [7, 11) is 0. The standard InChI is InChI=1S/C18H21N3O4/c1-13-16(25-12-20-13)17(22)21-7-4-15-18(10-21,5-8-23-15)11-24-14-3-2-6-19-9-14/h2-3,6,9,12,15H,4-5,7-8,10-11H2,1H3/t15-,18+/m0/s1. The van der Waals surface area contributed by atoms with E-state index in [1.807, 2.05) is 17.0 Å². The number of aromatic nitrogens is 2. The van der Waals surface area contributed by atoms with E-state index in [4.69, 9.17) is 13.9 Å². The van der Waals surface area contributed by atoms with Gasteiger partial charge >= 0.3 is 0 Å². The largest absolute Gasteiger partial charge is 0.491 e. The maximum absolute atomic E-state index is 12.8. The summed E-state index contributed by atoms with van der Waals surface area (Å²) in [6.45, 7) is 4.23. The molecule has 1 amide bonds. The second-order valence-electron chi connectivity index (χ2n) is 6.73. The van der Waals surface area contributed by atoms with E-state index in [9.17, 15) is 4.79 Å². The Balaban J connectivity index is 1.51. The summed E-state index contributed by atoms with van der Waals surface area (Å²) in [5.74, 6) is 0.943. The summed E-state index contributed by atoms with van der Waals surface area (Å²) in [5, 5.41) is 0. The van der Waals surface area contributed by atoms with Crippen LogP contribution in [0.15, 0.2) is 35.3 Å². The van der Waals surface area contributed by atoms with Crippen LogP contribution in [0.3, 0.4) is 0 Å². The van der Waals surface area contributed by atoms with Crippen molar-refractivity contribution in [2.75, 3.05) is 26.3 Å². The van der Waals surface area contributed by atoms with E-state index >= 15 is 0 Å². The zero-order valence-electron chi connectivity index (χ0n) is 14.2. The van der Waals surface area contributed by atoms with Crippen molar-refractivity contribution in [2.24, 2.45) is 5.41 Å². The number of carbonyl (C=O) groups is 1. The van der Waals surface area contributed by atoms with Crippen LogP contribution in [0.1, 0.15) is 29.1 Å². The lowest BCUT2D eigenvalue weighted by Crippen LogP contribution is -2.54. The lowest BCUT2D eigenvalue weighted by molar-refractivity contribution is -0.0333. The van der Waals surface area contributed by atoms with Crippen molar-refractivity contribution < 1.29 is 18.7 Å². The van der Waals surface area contributed by atoms with Crippen molar-refractivity contribution in [1.82, 2.24) is 14.9 Å². The fourth-order valence-electron chi connectivity index (χ4n) is 3.74. The Morgan fingerprint density at radius 3 is 3.20 bits per heavy atom. The van der Waals surface area contributed by atoms with Gasteiger partial charge in [0, 0.05) is 25.9 Å². The van der Waals surface area contributed by atoms with Gasteiger partial charge in [-0.15, -0.1) is 0 Å². The van der Waals surface area contributed by atoms with Crippen molar-refractivity contribution in [1.29, 1.82) is 0 Å². The molecule has 2 aromatic rings. The van der Waals surface area contributed by atoms with E-state index in [0.29, 0.717) is 37.8 Å². The highest BCUT2D eigenvalue weighted by molar-refractivity contribution is 5.92. The summed E-state index contributed by atoms with van der Waals surface area (Å²) in [6, 6.07) is 3.73. The van der Waals surface area contributed by atoms with Gasteiger partial charge in [-0.05, 0) is 31.9 Å². The number of pyridine rings is 1. The average Bonchev–Trinajstić information content (AvgIpc) is 3.26. The molecule has 0 unspecified atom stereocenters. The fraction of sp³-hybridized carbons (Fsp3) is 0.500. The molecule has 2 saturated heterocycles. The summed E-state index contributed by atoms with van der Waals surface area (Å²) in [5.41, 5.74) is 0.424. The Hall–Kier alpha value is -2.41. The van der Waals surface area contributed by atoms with Crippen molar-refractivity contribution in [3.8, 4) is 5.75 Å². The molecule has 2 atom stereocenters. The number of ether oxygens (including phenoxy) is 2. The summed E-state index contributed by atoms with van der Waals surface area (Å²) in [4.78, 5) is 22.7. The number of rotatable bonds is 4. The van der Waals surface area contributed by atoms with Gasteiger partial charge in [-0.25, -0.2) is 4.98 Å². The summed E-state index contributed by atoms with van der Waals surface area (Å²) < 4.78 is 17.2. The Labute approximate surface area is 146 Å². The van der Waals surface area contributed by atoms with Crippen molar-refractivity contribution >= 4 is 5.91 Å². The number of fused-ring (bicyclic) bond motifs is 1. The Morgan fingerprint density at radius 2 is 2.44 bits per heavy atom. The van der Waals surface area contributed by atoms with Gasteiger partial charge in [0.2, 0.25) is 5.76 Å². The first-order chi connectivity index (χ1) is 12.2. The van der Waals surface area contributed by atoms with Crippen LogP contribution in [-0.4, -0.2) is 53.2 Å². The topological polar surface area (TPSA) is 77.7 Å². The maximum Gasteiger partial charge on any atom is 0.291 e. The monoisotopic (exact) mass is 343 g/mol. The van der Waals surface area contributed by atoms with Gasteiger partial charge in [0.05, 0.1) is 30.0 Å². The quantitative estimate of drug-likeness (QED) is 0.846. The first kappa shape index (κ1) is 16.1. The summed E-state index contributed by atoms with van der Waals surface area (Å²) in [6.07, 6.45) is 6.52. The minimum absolute atomic E-state index is 0.110. The molecule has 0 radical (unpaired) electrons. The maximum atomic E-state index is 12.8. The predicted molar refractivity (Wildman–Crippen MR) is 88.3 cm³/mol. The third-order valence-corrected chi connectivity index (χ3v) is 5.16. The second kappa shape index (κ2) is 6.48. The fourth-order valence-corrected chi connectivity index (χ4v) is 3.74. The lowest BCUT2D eigenvalue weighted by atomic mass is 9.77. The molecule has 25 heavy (non-hydrogen) atoms. The van der Waals surface area contributed by atoms with Crippen LogP contribution >= 0.6 is 0 Å². The number of amides is 1. The van der Waals surface area contributed by atoms with E-state index in [1.54, 1.807) is 19.3 Å². The summed E-state index contributed by atoms with van der Waals surface area (Å²) >= 11 is 0. The Kier molecular flexibility index (Phi) is 4.17. The highest BCUT2D eigenvalue weighted by Crippen LogP contribution is 2.41. The molecule has 0 N–H and O–H groups in total. The van der Waals surface area contributed by atoms with Crippen molar-refractivity contribution in [2.45, 2.75) is 25.9 Å². The molecule has 0 aliphatic carbocycles. The average molecular weight is 343 g/mol. The van der Waals surface area contributed by atoms with E-state index in [2.05, 4.69) is 9.97 Å². The van der Waals surface area contributed by atoms with Gasteiger partial charge in [-0.1, -0.05) is 0 Å². The minimum Gasteiger partial charge on any atom is -0.491 e. The number of oxazole rings is 1. The van der Waals surface area contributed by atoms with E-state index in [1.165, 1.54) is 6.39 Å². The zero-order chi connectivity index (χ0) is 17.3. The molecule has 2 aromatic heterocycles. The molecule has 0 saturated carbocycles. The molecule has 132 valence electrons. The van der Waals surface area contributed by atoms with Crippen LogP contribution in [-0.2, 0) is 4.74 Å². The molecule has 4 heterocycles. The van der Waals surface area contributed by atoms with E-state index in [-0.39, 0.29) is 17.4 Å². The number of piperidine rings is 1. The highest BCUT2D eigenvalue weighted by atomic mass is 16.5. The number of hydrogen-bond donors (Lipinski definition) is 0. The number of nitrogens with zero attached hydrogens (tertiary/aromatic N) is 3. The minimum atomic E-state index is -0.197. The molecule has 4 rings (SSSR count). The molecule has 2 fully saturated rings. The number of likely N-dealkylation sites (tertiary alicyclic amines) is 1. The van der Waals surface area contributed by atoms with Crippen LogP contribution < -0.4 is 4.74 Å². The first-order valence-electron chi connectivity index (χ1n) is 8.52. The first-order valence-corrected chi connectivity index (χ1v) is 8.52. The van der Waals surface area contributed by atoms with E-state index in [0.717, 1.165) is 18.6 Å². The van der Waals surface area contributed by atoms with Crippen LogP contribution in [0.2, 0.25) is 0 Å². The molecule has 7 heteroatoms. The third kappa shape index (κ3) is 3.00. The molecular weight excluding hydrogens is 322 g/mol. The Bertz CT molecular complexity index is 748. The molecule has 0 bridgehead atoms. The smallest absolute Gasteiger partial charge is 0.291 e. The van der Waals surface area contributed by atoms with Gasteiger partial charge in [-0.2, -0.15) is 0 Å². The van der Waals surface area contributed by atoms with Crippen LogP contribution in [0, 0.1) is 12.3 Å². The molecule has 0 aromatic carbocycles. The Morgan fingerprint density at radius 1 is 1.52 bits per heavy atom.